The summed E-state index contributed by atoms with van der Waals surface area (Å²) in [7, 11) is 0. The molecule has 4 aromatic rings. The monoisotopic (exact) mass is 347 g/mol. The van der Waals surface area contributed by atoms with E-state index in [1.807, 2.05) is 48.0 Å². The molecule has 4 rings (SSSR count). The molecule has 130 valence electrons. The lowest BCUT2D eigenvalue weighted by Gasteiger charge is -2.09. The van der Waals surface area contributed by atoms with Crippen molar-refractivity contribution in [1.29, 1.82) is 0 Å². The van der Waals surface area contributed by atoms with Gasteiger partial charge in [0.05, 0.1) is 17.9 Å². The van der Waals surface area contributed by atoms with Crippen molar-refractivity contribution in [2.45, 2.75) is 20.0 Å². The van der Waals surface area contributed by atoms with Gasteiger partial charge in [-0.15, -0.1) is 0 Å². The lowest BCUT2D eigenvalue weighted by Crippen LogP contribution is -2.27. The number of carbonyl (C=O) groups excluding carboxylic acids is 1. The van der Waals surface area contributed by atoms with Crippen LogP contribution in [0.5, 0.6) is 0 Å². The molecule has 0 spiro atoms. The van der Waals surface area contributed by atoms with E-state index in [-0.39, 0.29) is 5.91 Å². The first kappa shape index (κ1) is 15.9. The number of aryl methyl sites for hydroxylation is 1. The second-order valence-electron chi connectivity index (χ2n) is 5.69. The van der Waals surface area contributed by atoms with Crippen molar-refractivity contribution >= 4 is 11.7 Å². The van der Waals surface area contributed by atoms with Gasteiger partial charge in [0.25, 0.3) is 11.7 Å². The van der Waals surface area contributed by atoms with Gasteiger partial charge in [-0.05, 0) is 19.1 Å². The number of rotatable bonds is 5. The quantitative estimate of drug-likeness (QED) is 0.596. The molecular weight excluding hydrogens is 330 g/mol. The molecule has 0 fully saturated rings. The van der Waals surface area contributed by atoms with Crippen LogP contribution < -0.4 is 5.32 Å². The van der Waals surface area contributed by atoms with Crippen LogP contribution in [0.1, 0.15) is 23.1 Å². The van der Waals surface area contributed by atoms with Gasteiger partial charge in [-0.3, -0.25) is 9.48 Å². The number of hydrogen-bond donors (Lipinski definition) is 1. The van der Waals surface area contributed by atoms with Gasteiger partial charge in [-0.1, -0.05) is 30.3 Å². The second kappa shape index (κ2) is 6.75. The molecule has 0 saturated heterocycles. The third-order valence-electron chi connectivity index (χ3n) is 4.09. The zero-order valence-corrected chi connectivity index (χ0v) is 14.2. The number of nitrogens with one attached hydrogen (secondary N) is 1. The minimum absolute atomic E-state index is 0.246. The molecule has 0 radical (unpaired) electrons. The molecular formula is C18H17N7O. The van der Waals surface area contributed by atoms with Gasteiger partial charge >= 0.3 is 0 Å². The number of amides is 1. The molecule has 3 heterocycles. The minimum Gasteiger partial charge on any atom is -0.345 e. The third-order valence-corrected chi connectivity index (χ3v) is 4.09. The van der Waals surface area contributed by atoms with E-state index in [9.17, 15) is 4.79 Å². The summed E-state index contributed by atoms with van der Waals surface area (Å²) in [6, 6.07) is 13.3. The predicted octanol–water partition coefficient (Wildman–Crippen LogP) is 1.94. The zero-order valence-electron chi connectivity index (χ0n) is 14.2. The van der Waals surface area contributed by atoms with Gasteiger partial charge in [0.2, 0.25) is 0 Å². The van der Waals surface area contributed by atoms with Gasteiger partial charge in [0.1, 0.15) is 12.0 Å². The van der Waals surface area contributed by atoms with Crippen molar-refractivity contribution in [3.05, 3.63) is 66.4 Å². The normalized spacial score (nSPS) is 11.0. The Labute approximate surface area is 149 Å². The Balaban J connectivity index is 1.66. The Bertz CT molecular complexity index is 1050. The van der Waals surface area contributed by atoms with E-state index in [1.54, 1.807) is 12.3 Å². The van der Waals surface area contributed by atoms with E-state index < -0.39 is 0 Å². The van der Waals surface area contributed by atoms with Gasteiger partial charge in [0, 0.05) is 18.3 Å². The SMILES string of the molecule is CCn1nccc1CNC(=O)c1cc(-c2ccccc2)nc2ncnn12. The fraction of sp³-hybridized carbons (Fsp3) is 0.167. The average Bonchev–Trinajstić information content (AvgIpc) is 3.34. The molecule has 26 heavy (non-hydrogen) atoms. The summed E-state index contributed by atoms with van der Waals surface area (Å²) in [5.74, 6) is 0.138. The van der Waals surface area contributed by atoms with Crippen LogP contribution in [0.25, 0.3) is 17.0 Å². The second-order valence-corrected chi connectivity index (χ2v) is 5.69. The minimum atomic E-state index is -0.246. The lowest BCUT2D eigenvalue weighted by molar-refractivity contribution is 0.0942. The highest BCUT2D eigenvalue weighted by molar-refractivity contribution is 5.94. The first-order valence-corrected chi connectivity index (χ1v) is 8.31. The Morgan fingerprint density at radius 2 is 2.00 bits per heavy atom. The predicted molar refractivity (Wildman–Crippen MR) is 95.3 cm³/mol. The van der Waals surface area contributed by atoms with E-state index in [1.165, 1.54) is 10.8 Å². The number of hydrogen-bond acceptors (Lipinski definition) is 5. The van der Waals surface area contributed by atoms with Crippen LogP contribution in [0.15, 0.2) is 55.0 Å². The molecule has 0 atom stereocenters. The number of aromatic nitrogens is 6. The van der Waals surface area contributed by atoms with E-state index in [0.29, 0.717) is 23.7 Å². The van der Waals surface area contributed by atoms with Crippen LogP contribution in [0.2, 0.25) is 0 Å². The molecule has 0 aliphatic rings. The average molecular weight is 347 g/mol. The summed E-state index contributed by atoms with van der Waals surface area (Å²) in [6.45, 7) is 3.14. The van der Waals surface area contributed by atoms with Crippen molar-refractivity contribution < 1.29 is 4.79 Å². The van der Waals surface area contributed by atoms with Gasteiger partial charge < -0.3 is 5.32 Å². The Hall–Kier alpha value is -3.55. The first-order chi connectivity index (χ1) is 12.8. The van der Waals surface area contributed by atoms with Crippen LogP contribution in [-0.4, -0.2) is 35.3 Å². The summed E-state index contributed by atoms with van der Waals surface area (Å²) in [4.78, 5) is 21.4. The van der Waals surface area contributed by atoms with Crippen LogP contribution in [0.3, 0.4) is 0 Å². The number of nitrogens with zero attached hydrogens (tertiary/aromatic N) is 6. The topological polar surface area (TPSA) is 90.0 Å². The van der Waals surface area contributed by atoms with Gasteiger partial charge in [-0.2, -0.15) is 19.7 Å². The van der Waals surface area contributed by atoms with Crippen LogP contribution >= 0.6 is 0 Å². The fourth-order valence-corrected chi connectivity index (χ4v) is 2.79. The Morgan fingerprint density at radius 3 is 2.81 bits per heavy atom. The highest BCUT2D eigenvalue weighted by Crippen LogP contribution is 2.18. The van der Waals surface area contributed by atoms with E-state index in [2.05, 4.69) is 25.5 Å². The molecule has 0 bridgehead atoms. The van der Waals surface area contributed by atoms with Gasteiger partial charge in [-0.25, -0.2) is 4.98 Å². The highest BCUT2D eigenvalue weighted by Gasteiger charge is 2.16. The number of fused-ring (bicyclic) bond motifs is 1. The smallest absolute Gasteiger partial charge is 0.270 e. The standard InChI is InChI=1S/C18H17N7O/c1-2-24-14(8-9-21-24)11-19-17(26)16-10-15(13-6-4-3-5-7-13)23-18-20-12-22-25(16)18/h3-10,12H,2,11H2,1H3,(H,19,26). The summed E-state index contributed by atoms with van der Waals surface area (Å²) in [6.07, 6.45) is 3.11. The molecule has 1 N–H and O–H groups in total. The largest absolute Gasteiger partial charge is 0.345 e. The first-order valence-electron chi connectivity index (χ1n) is 8.31. The Morgan fingerprint density at radius 1 is 1.15 bits per heavy atom. The number of benzene rings is 1. The zero-order chi connectivity index (χ0) is 17.9. The molecule has 1 aromatic carbocycles. The van der Waals surface area contributed by atoms with E-state index >= 15 is 0 Å². The molecule has 8 nitrogen and oxygen atoms in total. The summed E-state index contributed by atoms with van der Waals surface area (Å²) >= 11 is 0. The highest BCUT2D eigenvalue weighted by atomic mass is 16.2. The molecule has 0 saturated carbocycles. The van der Waals surface area contributed by atoms with Crippen molar-refractivity contribution in [1.82, 2.24) is 34.7 Å². The molecule has 8 heteroatoms. The molecule has 0 aliphatic carbocycles. The van der Waals surface area contributed by atoms with Crippen molar-refractivity contribution in [2.24, 2.45) is 0 Å². The van der Waals surface area contributed by atoms with E-state index in [4.69, 9.17) is 0 Å². The molecule has 0 aliphatic heterocycles. The van der Waals surface area contributed by atoms with Gasteiger partial charge in [0.15, 0.2) is 0 Å². The molecule has 3 aromatic heterocycles. The Kier molecular flexibility index (Phi) is 4.14. The third kappa shape index (κ3) is 2.92. The van der Waals surface area contributed by atoms with Crippen molar-refractivity contribution in [2.75, 3.05) is 0 Å². The maximum absolute atomic E-state index is 12.8. The summed E-state index contributed by atoms with van der Waals surface area (Å²) in [5, 5.41) is 11.2. The fourth-order valence-electron chi connectivity index (χ4n) is 2.79. The maximum atomic E-state index is 12.8. The van der Waals surface area contributed by atoms with Crippen molar-refractivity contribution in [3.8, 4) is 11.3 Å². The maximum Gasteiger partial charge on any atom is 0.270 e. The van der Waals surface area contributed by atoms with E-state index in [0.717, 1.165) is 17.8 Å². The van der Waals surface area contributed by atoms with Crippen molar-refractivity contribution in [3.63, 3.8) is 0 Å². The van der Waals surface area contributed by atoms with Crippen LogP contribution in [-0.2, 0) is 13.1 Å². The number of carbonyl (C=O) groups is 1. The van der Waals surface area contributed by atoms with Crippen LogP contribution in [0, 0.1) is 0 Å². The molecule has 0 unspecified atom stereocenters. The molecule has 1 amide bonds. The summed E-state index contributed by atoms with van der Waals surface area (Å²) < 4.78 is 3.28. The van der Waals surface area contributed by atoms with Crippen LogP contribution in [0.4, 0.5) is 0 Å². The lowest BCUT2D eigenvalue weighted by atomic mass is 10.1. The summed E-state index contributed by atoms with van der Waals surface area (Å²) in [5.41, 5.74) is 2.91.